The molecule has 0 amide bonds. The van der Waals surface area contributed by atoms with Crippen molar-refractivity contribution in [3.8, 4) is 0 Å². The van der Waals surface area contributed by atoms with Crippen LogP contribution in [0.1, 0.15) is 164 Å². The third-order valence-electron chi connectivity index (χ3n) is 16.2. The molecular formula is C67H79BN2Si. The average Bonchev–Trinajstić information content (AvgIpc) is 3.27. The third kappa shape index (κ3) is 7.89. The molecule has 0 saturated carbocycles. The van der Waals surface area contributed by atoms with Crippen LogP contribution < -0.4 is 46.9 Å². The minimum absolute atomic E-state index is 0.0138. The van der Waals surface area contributed by atoms with Crippen LogP contribution in [0.25, 0.3) is 0 Å². The molecule has 7 aromatic rings. The van der Waals surface area contributed by atoms with E-state index in [0.29, 0.717) is 0 Å². The Kier molecular flexibility index (Phi) is 11.0. The highest BCUT2D eigenvalue weighted by atomic mass is 28.3. The van der Waals surface area contributed by atoms with Gasteiger partial charge in [0.1, 0.15) is 0 Å². The van der Waals surface area contributed by atoms with Gasteiger partial charge in [-0.2, -0.15) is 0 Å². The Morgan fingerprint density at radius 1 is 0.324 bits per heavy atom. The maximum atomic E-state index is 2.74. The molecule has 0 atom stereocenters. The average molecular weight is 951 g/mol. The van der Waals surface area contributed by atoms with Crippen molar-refractivity contribution in [2.24, 2.45) is 0 Å². The minimum Gasteiger partial charge on any atom is -0.311 e. The molecule has 0 aliphatic carbocycles. The van der Waals surface area contributed by atoms with Crippen molar-refractivity contribution in [2.45, 2.75) is 164 Å². The van der Waals surface area contributed by atoms with E-state index >= 15 is 0 Å². The summed E-state index contributed by atoms with van der Waals surface area (Å²) in [4.78, 5) is 5.47. The maximum absolute atomic E-state index is 3.16. The SMILES string of the molecule is Cc1cc2c3c(c1)N(c1cc(C(C)(C)C)cc(C(C)(C)C)c1)c1cc(C(C)(C)C)cc4c1B3c1c(cc(C(C)(C)C)cc1[Si]4(c1ccccc1)c1ccccc1)N2c1cc(C(C)(C)C)cc(C(C)(C)C)c1. The smallest absolute Gasteiger partial charge is 0.251 e. The van der Waals surface area contributed by atoms with Gasteiger partial charge in [-0.1, -0.05) is 210 Å². The topological polar surface area (TPSA) is 6.48 Å². The molecule has 0 fully saturated rings. The summed E-state index contributed by atoms with van der Waals surface area (Å²) in [6.45, 7) is 45.3. The van der Waals surface area contributed by atoms with Crippen LogP contribution in [0.4, 0.5) is 34.1 Å². The summed E-state index contributed by atoms with van der Waals surface area (Å²) in [5.41, 5.74) is 21.0. The first-order chi connectivity index (χ1) is 32.9. The molecule has 0 saturated heterocycles. The zero-order chi connectivity index (χ0) is 51.3. The van der Waals surface area contributed by atoms with E-state index in [4.69, 9.17) is 0 Å². The molecule has 0 radical (unpaired) electrons. The highest BCUT2D eigenvalue weighted by Crippen LogP contribution is 2.49. The number of hydrogen-bond donors (Lipinski definition) is 0. The van der Waals surface area contributed by atoms with Crippen molar-refractivity contribution >= 4 is 86.0 Å². The van der Waals surface area contributed by atoms with Gasteiger partial charge in [0.2, 0.25) is 0 Å². The molecule has 71 heavy (non-hydrogen) atoms. The van der Waals surface area contributed by atoms with Crippen LogP contribution in [0.3, 0.4) is 0 Å². The van der Waals surface area contributed by atoms with E-state index in [1.807, 2.05) is 0 Å². The summed E-state index contributed by atoms with van der Waals surface area (Å²) >= 11 is 0. The van der Waals surface area contributed by atoms with E-state index in [-0.39, 0.29) is 39.2 Å². The van der Waals surface area contributed by atoms with Gasteiger partial charge in [0.25, 0.3) is 6.71 Å². The van der Waals surface area contributed by atoms with E-state index in [1.54, 1.807) is 0 Å². The van der Waals surface area contributed by atoms with Crippen LogP contribution in [0.15, 0.2) is 133 Å². The Hall–Kier alpha value is -5.58. The molecule has 0 spiro atoms. The fraction of sp³-hybridized carbons (Fsp3) is 0.373. The fourth-order valence-electron chi connectivity index (χ4n) is 11.9. The van der Waals surface area contributed by atoms with Crippen LogP contribution in [0, 0.1) is 6.92 Å². The van der Waals surface area contributed by atoms with Crippen molar-refractivity contribution < 1.29 is 0 Å². The molecular weight excluding hydrogens is 872 g/mol. The van der Waals surface area contributed by atoms with Gasteiger partial charge in [-0.25, -0.2) is 0 Å². The monoisotopic (exact) mass is 951 g/mol. The molecule has 4 heteroatoms. The number of nitrogens with zero attached hydrogens (tertiary/aromatic N) is 2. The van der Waals surface area contributed by atoms with Gasteiger partial charge in [0.15, 0.2) is 8.07 Å². The van der Waals surface area contributed by atoms with Crippen LogP contribution in [-0.4, -0.2) is 14.8 Å². The zero-order valence-electron chi connectivity index (χ0n) is 46.7. The zero-order valence-corrected chi connectivity index (χ0v) is 47.7. The summed E-state index contributed by atoms with van der Waals surface area (Å²) in [6.07, 6.45) is 0. The quantitative estimate of drug-likeness (QED) is 0.162. The number of hydrogen-bond acceptors (Lipinski definition) is 2. The summed E-state index contributed by atoms with van der Waals surface area (Å²) < 4.78 is 0. The molecule has 2 nitrogen and oxygen atoms in total. The molecule has 7 aromatic carbocycles. The lowest BCUT2D eigenvalue weighted by molar-refractivity contribution is 0.568. The largest absolute Gasteiger partial charge is 0.311 e. The second-order valence-electron chi connectivity index (χ2n) is 27.8. The van der Waals surface area contributed by atoms with Crippen molar-refractivity contribution in [3.63, 3.8) is 0 Å². The molecule has 3 heterocycles. The van der Waals surface area contributed by atoms with Crippen LogP contribution >= 0.6 is 0 Å². The molecule has 10 rings (SSSR count). The van der Waals surface area contributed by atoms with E-state index in [2.05, 4.69) is 275 Å². The summed E-state index contributed by atoms with van der Waals surface area (Å²) in [6, 6.07) is 54.3. The van der Waals surface area contributed by atoms with Crippen molar-refractivity contribution in [3.05, 3.63) is 172 Å². The van der Waals surface area contributed by atoms with Gasteiger partial charge in [-0.3, -0.25) is 0 Å². The lowest BCUT2D eigenvalue weighted by Crippen LogP contribution is -2.88. The van der Waals surface area contributed by atoms with Gasteiger partial charge in [-0.15, -0.1) is 0 Å². The lowest BCUT2D eigenvalue weighted by Gasteiger charge is -2.52. The summed E-state index contributed by atoms with van der Waals surface area (Å²) in [5.74, 6) is 0. The van der Waals surface area contributed by atoms with E-state index in [1.165, 1.54) is 110 Å². The summed E-state index contributed by atoms with van der Waals surface area (Å²) in [5, 5.41) is 5.91. The van der Waals surface area contributed by atoms with Crippen molar-refractivity contribution in [2.75, 3.05) is 9.80 Å². The van der Waals surface area contributed by atoms with Crippen LogP contribution in [0.5, 0.6) is 0 Å². The molecule has 0 bridgehead atoms. The first-order valence-corrected chi connectivity index (χ1v) is 28.5. The van der Waals surface area contributed by atoms with E-state index in [0.717, 1.165) is 0 Å². The first-order valence-electron chi connectivity index (χ1n) is 26.5. The van der Waals surface area contributed by atoms with Gasteiger partial charge in [0.05, 0.1) is 0 Å². The first kappa shape index (κ1) is 49.0. The van der Waals surface area contributed by atoms with Gasteiger partial charge in [-0.05, 0) is 164 Å². The standard InChI is InChI=1S/C67H79BN2Si/c1-42-30-53-59-54(31-42)70(50-36-45(64(8,9)10)33-46(37-50)65(11,12)13)56-39-48(67(17,18)19)41-58-61(56)68(59)60-55(69(53)49-34-43(62(2,3)4)32-44(35-49)63(5,6)7)38-47(66(14,15)16)40-57(60)71(58,51-26-22-20-23-27-51)52-28-24-21-25-29-52/h20-41H,1-19H3. The minimum atomic E-state index is -3.16. The second kappa shape index (κ2) is 16.0. The lowest BCUT2D eigenvalue weighted by atomic mass is 9.33. The van der Waals surface area contributed by atoms with E-state index in [9.17, 15) is 0 Å². The normalized spacial score (nSPS) is 15.3. The molecule has 3 aliphatic rings. The third-order valence-corrected chi connectivity index (χ3v) is 21.0. The second-order valence-corrected chi connectivity index (χ2v) is 31.5. The van der Waals surface area contributed by atoms with Gasteiger partial charge >= 0.3 is 0 Å². The van der Waals surface area contributed by atoms with Crippen molar-refractivity contribution in [1.29, 1.82) is 0 Å². The molecule has 3 aliphatic heterocycles. The molecule has 0 unspecified atom stereocenters. The number of benzene rings is 7. The predicted molar refractivity (Wildman–Crippen MR) is 315 cm³/mol. The number of anilines is 6. The molecule has 0 aromatic heterocycles. The molecule has 0 N–H and O–H groups in total. The van der Waals surface area contributed by atoms with Crippen molar-refractivity contribution in [1.82, 2.24) is 0 Å². The number of rotatable bonds is 4. The van der Waals surface area contributed by atoms with Crippen LogP contribution in [0.2, 0.25) is 0 Å². The Labute approximate surface area is 430 Å². The summed E-state index contributed by atoms with van der Waals surface area (Å²) in [7, 11) is -3.16. The maximum Gasteiger partial charge on any atom is 0.251 e. The highest BCUT2D eigenvalue weighted by Gasteiger charge is 2.57. The van der Waals surface area contributed by atoms with Gasteiger partial charge < -0.3 is 9.80 Å². The fourth-order valence-corrected chi connectivity index (χ4v) is 17.3. The Bertz CT molecular complexity index is 2980. The van der Waals surface area contributed by atoms with Gasteiger partial charge in [0, 0.05) is 34.1 Å². The highest BCUT2D eigenvalue weighted by molar-refractivity contribution is 7.27. The molecule has 364 valence electrons. The van der Waals surface area contributed by atoms with Crippen LogP contribution in [-0.2, 0) is 32.5 Å². The Morgan fingerprint density at radius 3 is 0.901 bits per heavy atom. The Morgan fingerprint density at radius 2 is 0.606 bits per heavy atom. The predicted octanol–water partition coefficient (Wildman–Crippen LogP) is 13.6. The Balaban J connectivity index is 1.49. The van der Waals surface area contributed by atoms with E-state index < -0.39 is 8.07 Å². The number of aryl methyl sites for hydroxylation is 1.